The van der Waals surface area contributed by atoms with Gasteiger partial charge in [-0.1, -0.05) is 6.92 Å². The van der Waals surface area contributed by atoms with Crippen molar-refractivity contribution in [2.45, 2.75) is 26.0 Å². The molecule has 0 bridgehead atoms. The van der Waals surface area contributed by atoms with Gasteiger partial charge in [0.15, 0.2) is 0 Å². The fourth-order valence-corrected chi connectivity index (χ4v) is 1.79. The van der Waals surface area contributed by atoms with Crippen molar-refractivity contribution >= 4 is 0 Å². The molecule has 1 heterocycles. The molecule has 0 aliphatic carbocycles. The highest BCUT2D eigenvalue weighted by Gasteiger charge is 2.11. The molecule has 102 valence electrons. The first-order valence-corrected chi connectivity index (χ1v) is 5.95. The minimum Gasteiger partial charge on any atom is -0.435 e. The summed E-state index contributed by atoms with van der Waals surface area (Å²) in [7, 11) is 0. The van der Waals surface area contributed by atoms with E-state index in [-0.39, 0.29) is 11.8 Å². The second-order valence-corrected chi connectivity index (χ2v) is 4.08. The summed E-state index contributed by atoms with van der Waals surface area (Å²) >= 11 is 0. The van der Waals surface area contributed by atoms with Gasteiger partial charge in [0, 0.05) is 11.7 Å². The third-order valence-electron chi connectivity index (χ3n) is 2.83. The van der Waals surface area contributed by atoms with Crippen LogP contribution in [0.4, 0.5) is 8.78 Å². The number of hydrogen-bond donors (Lipinski definition) is 1. The summed E-state index contributed by atoms with van der Waals surface area (Å²) < 4.78 is 30.2. The zero-order valence-electron chi connectivity index (χ0n) is 10.5. The molecule has 4 nitrogen and oxygen atoms in total. The lowest BCUT2D eigenvalue weighted by molar-refractivity contribution is -0.0498. The van der Waals surface area contributed by atoms with Crippen LogP contribution in [-0.2, 0) is 0 Å². The van der Waals surface area contributed by atoms with E-state index in [2.05, 4.69) is 9.72 Å². The standard InChI is InChI=1S/C13H15F2N3O/c1-2-11(16)12-7-17-8-18(12)9-3-5-10(6-4-9)19-13(14)15/h3-8,11,13H,2,16H2,1H3/t11-/m1/s1. The van der Waals surface area contributed by atoms with Crippen molar-refractivity contribution < 1.29 is 13.5 Å². The molecule has 0 saturated heterocycles. The van der Waals surface area contributed by atoms with Gasteiger partial charge < -0.3 is 15.0 Å². The molecule has 0 aliphatic heterocycles. The lowest BCUT2D eigenvalue weighted by Gasteiger charge is -2.13. The zero-order valence-corrected chi connectivity index (χ0v) is 10.5. The summed E-state index contributed by atoms with van der Waals surface area (Å²) in [6, 6.07) is 6.24. The molecule has 0 radical (unpaired) electrons. The van der Waals surface area contributed by atoms with Crippen LogP contribution >= 0.6 is 0 Å². The van der Waals surface area contributed by atoms with Crippen LogP contribution in [0.2, 0.25) is 0 Å². The third kappa shape index (κ3) is 3.08. The van der Waals surface area contributed by atoms with Crippen LogP contribution in [0, 0.1) is 0 Å². The lowest BCUT2D eigenvalue weighted by atomic mass is 10.2. The van der Waals surface area contributed by atoms with Crippen molar-refractivity contribution in [3.8, 4) is 11.4 Å². The number of imidazole rings is 1. The zero-order chi connectivity index (χ0) is 13.8. The van der Waals surface area contributed by atoms with E-state index in [1.807, 2.05) is 11.5 Å². The van der Waals surface area contributed by atoms with Crippen molar-refractivity contribution in [1.82, 2.24) is 9.55 Å². The van der Waals surface area contributed by atoms with Gasteiger partial charge in [-0.25, -0.2) is 4.98 Å². The van der Waals surface area contributed by atoms with Gasteiger partial charge in [-0.3, -0.25) is 0 Å². The van der Waals surface area contributed by atoms with Crippen LogP contribution in [0.25, 0.3) is 5.69 Å². The summed E-state index contributed by atoms with van der Waals surface area (Å²) in [4.78, 5) is 4.07. The predicted octanol–water partition coefficient (Wildman–Crippen LogP) is 2.88. The summed E-state index contributed by atoms with van der Waals surface area (Å²) in [6.07, 6.45) is 4.14. The number of benzene rings is 1. The Morgan fingerprint density at radius 3 is 2.58 bits per heavy atom. The lowest BCUT2D eigenvalue weighted by Crippen LogP contribution is -2.13. The summed E-state index contributed by atoms with van der Waals surface area (Å²) in [5.41, 5.74) is 7.67. The van der Waals surface area contributed by atoms with Crippen LogP contribution in [0.5, 0.6) is 5.75 Å². The summed E-state index contributed by atoms with van der Waals surface area (Å²) in [6.45, 7) is -0.829. The molecule has 0 saturated carbocycles. The Morgan fingerprint density at radius 1 is 1.32 bits per heavy atom. The molecule has 0 aliphatic rings. The molecular formula is C13H15F2N3O. The number of halogens is 2. The average Bonchev–Trinajstić information content (AvgIpc) is 2.87. The second kappa shape index (κ2) is 5.79. The molecule has 0 spiro atoms. The maximum atomic E-state index is 12.1. The molecule has 2 rings (SSSR count). The molecule has 19 heavy (non-hydrogen) atoms. The van der Waals surface area contributed by atoms with Crippen LogP contribution in [0.1, 0.15) is 25.1 Å². The maximum Gasteiger partial charge on any atom is 0.387 e. The SMILES string of the molecule is CC[C@@H](N)c1cncn1-c1ccc(OC(F)F)cc1. The minimum atomic E-state index is -2.82. The van der Waals surface area contributed by atoms with Gasteiger partial charge in [0.1, 0.15) is 5.75 Å². The minimum absolute atomic E-state index is 0.112. The molecular weight excluding hydrogens is 252 g/mol. The van der Waals surface area contributed by atoms with Gasteiger partial charge in [-0.15, -0.1) is 0 Å². The van der Waals surface area contributed by atoms with E-state index < -0.39 is 6.61 Å². The van der Waals surface area contributed by atoms with Gasteiger partial charge in [-0.2, -0.15) is 8.78 Å². The predicted molar refractivity (Wildman–Crippen MR) is 67.4 cm³/mol. The molecule has 2 aromatic rings. The van der Waals surface area contributed by atoms with Crippen LogP contribution < -0.4 is 10.5 Å². The quantitative estimate of drug-likeness (QED) is 0.906. The smallest absolute Gasteiger partial charge is 0.387 e. The van der Waals surface area contributed by atoms with E-state index in [0.29, 0.717) is 0 Å². The number of hydrogen-bond acceptors (Lipinski definition) is 3. The number of nitrogens with zero attached hydrogens (tertiary/aromatic N) is 2. The summed E-state index contributed by atoms with van der Waals surface area (Å²) in [5, 5.41) is 0. The third-order valence-corrected chi connectivity index (χ3v) is 2.83. The van der Waals surface area contributed by atoms with Gasteiger partial charge >= 0.3 is 6.61 Å². The fourth-order valence-electron chi connectivity index (χ4n) is 1.79. The van der Waals surface area contributed by atoms with Crippen LogP contribution in [0.15, 0.2) is 36.8 Å². The first-order chi connectivity index (χ1) is 9.11. The Labute approximate surface area is 109 Å². The van der Waals surface area contributed by atoms with E-state index in [1.165, 1.54) is 12.1 Å². The number of aromatic nitrogens is 2. The van der Waals surface area contributed by atoms with Crippen molar-refractivity contribution in [3.05, 3.63) is 42.5 Å². The normalized spacial score (nSPS) is 12.7. The Morgan fingerprint density at radius 2 is 2.00 bits per heavy atom. The van der Waals surface area contributed by atoms with E-state index in [0.717, 1.165) is 17.8 Å². The Bertz CT molecular complexity index is 525. The Kier molecular flexibility index (Phi) is 4.11. The highest BCUT2D eigenvalue weighted by atomic mass is 19.3. The largest absolute Gasteiger partial charge is 0.435 e. The molecule has 1 aromatic carbocycles. The number of nitrogens with two attached hydrogens (primary N) is 1. The van der Waals surface area contributed by atoms with Gasteiger partial charge in [0.2, 0.25) is 0 Å². The van der Waals surface area contributed by atoms with Gasteiger partial charge in [0.25, 0.3) is 0 Å². The molecule has 2 N–H and O–H groups in total. The number of rotatable bonds is 5. The van der Waals surface area contributed by atoms with E-state index in [4.69, 9.17) is 5.73 Å². The van der Waals surface area contributed by atoms with Crippen molar-refractivity contribution in [2.75, 3.05) is 0 Å². The van der Waals surface area contributed by atoms with Crippen LogP contribution in [-0.4, -0.2) is 16.2 Å². The highest BCUT2D eigenvalue weighted by molar-refractivity contribution is 5.39. The Balaban J connectivity index is 2.25. The first kappa shape index (κ1) is 13.5. The molecule has 0 amide bonds. The van der Waals surface area contributed by atoms with E-state index in [1.54, 1.807) is 24.7 Å². The van der Waals surface area contributed by atoms with Crippen molar-refractivity contribution in [1.29, 1.82) is 0 Å². The first-order valence-electron chi connectivity index (χ1n) is 5.95. The topological polar surface area (TPSA) is 53.1 Å². The molecule has 1 aromatic heterocycles. The van der Waals surface area contributed by atoms with Crippen molar-refractivity contribution in [2.24, 2.45) is 5.73 Å². The van der Waals surface area contributed by atoms with E-state index in [9.17, 15) is 8.78 Å². The summed E-state index contributed by atoms with van der Waals surface area (Å²) in [5.74, 6) is 0.125. The number of ether oxygens (including phenoxy) is 1. The van der Waals surface area contributed by atoms with E-state index >= 15 is 0 Å². The average molecular weight is 267 g/mol. The maximum absolute atomic E-state index is 12.1. The highest BCUT2D eigenvalue weighted by Crippen LogP contribution is 2.21. The Hall–Kier alpha value is -1.95. The molecule has 0 unspecified atom stereocenters. The van der Waals surface area contributed by atoms with Gasteiger partial charge in [-0.05, 0) is 30.7 Å². The fraction of sp³-hybridized carbons (Fsp3) is 0.308. The monoisotopic (exact) mass is 267 g/mol. The molecule has 1 atom stereocenters. The second-order valence-electron chi connectivity index (χ2n) is 4.08. The molecule has 6 heteroatoms. The number of alkyl halides is 2. The van der Waals surface area contributed by atoms with Crippen molar-refractivity contribution in [3.63, 3.8) is 0 Å². The van der Waals surface area contributed by atoms with Crippen LogP contribution in [0.3, 0.4) is 0 Å². The molecule has 0 fully saturated rings. The van der Waals surface area contributed by atoms with Gasteiger partial charge in [0.05, 0.1) is 18.2 Å².